The summed E-state index contributed by atoms with van der Waals surface area (Å²) in [6, 6.07) is 7.22. The molecule has 0 radical (unpaired) electrons. The van der Waals surface area contributed by atoms with Gasteiger partial charge in [0.05, 0.1) is 32.3 Å². The highest BCUT2D eigenvalue weighted by Gasteiger charge is 2.35. The van der Waals surface area contributed by atoms with E-state index in [2.05, 4.69) is 10.6 Å². The van der Waals surface area contributed by atoms with E-state index in [0.717, 1.165) is 12.7 Å². The number of carbonyl (C=O) groups excluding carboxylic acids is 3. The van der Waals surface area contributed by atoms with Crippen LogP contribution in [0.5, 0.6) is 5.75 Å². The van der Waals surface area contributed by atoms with E-state index in [1.165, 1.54) is 31.4 Å². The number of nitrogens with one attached hydrogen (secondary N) is 2. The number of hydrogen-bond donors (Lipinski definition) is 4. The van der Waals surface area contributed by atoms with Crippen molar-refractivity contribution in [2.45, 2.75) is 76.5 Å². The Bertz CT molecular complexity index is 1330. The van der Waals surface area contributed by atoms with Crippen LogP contribution in [-0.2, 0) is 53.1 Å². The molecule has 0 heterocycles. The summed E-state index contributed by atoms with van der Waals surface area (Å²) < 4.78 is 46.9. The number of aliphatic hydroxyl groups excluding tert-OH is 2. The van der Waals surface area contributed by atoms with Crippen LogP contribution in [0.15, 0.2) is 41.3 Å². The molecule has 13 nitrogen and oxygen atoms in total. The van der Waals surface area contributed by atoms with Crippen LogP contribution < -0.4 is 15.4 Å². The summed E-state index contributed by atoms with van der Waals surface area (Å²) in [7, 11) is -2.10. The molecule has 14 heteroatoms. The van der Waals surface area contributed by atoms with Gasteiger partial charge in [0, 0.05) is 18.5 Å². The van der Waals surface area contributed by atoms with E-state index in [4.69, 9.17) is 18.4 Å². The second-order valence-electron chi connectivity index (χ2n) is 10.3. The van der Waals surface area contributed by atoms with E-state index in [9.17, 15) is 33.0 Å². The molecule has 2 amide bonds. The van der Waals surface area contributed by atoms with Crippen molar-refractivity contribution in [3.63, 3.8) is 0 Å². The number of carbonyl (C=O) groups is 3. The number of methoxy groups -OCH3 is 2. The zero-order valence-corrected chi connectivity index (χ0v) is 25.2. The first-order chi connectivity index (χ1) is 19.6. The Morgan fingerprint density at radius 1 is 1.00 bits per heavy atom. The highest BCUT2D eigenvalue weighted by Crippen LogP contribution is 2.26. The van der Waals surface area contributed by atoms with Gasteiger partial charge in [-0.05, 0) is 57.0 Å². The number of benzene rings is 2. The average molecular weight is 611 g/mol. The lowest BCUT2D eigenvalue weighted by atomic mass is 10.0. The van der Waals surface area contributed by atoms with Crippen molar-refractivity contribution in [1.82, 2.24) is 10.6 Å². The van der Waals surface area contributed by atoms with E-state index in [-0.39, 0.29) is 23.8 Å². The smallest absolute Gasteiger partial charge is 0.408 e. The standard InChI is InChI=1S/C28H38N2O11S/c1-17-7-9-20(10-8-17)42(36,37)41-24(13-22(26(34)39-6)30-27(35)40-28(2,3)4)25(33)29-14-21-19(16-32)11-18(15-31)12-23(21)38-5/h7-12,22,24,31-32H,13-16H2,1-6H3,(H,29,33)(H,30,35)/t22-,24-/m1/s1. The normalized spacial score (nSPS) is 13.0. The van der Waals surface area contributed by atoms with Gasteiger partial charge in [0.15, 0.2) is 6.10 Å². The third kappa shape index (κ3) is 9.98. The summed E-state index contributed by atoms with van der Waals surface area (Å²) in [5.74, 6) is -1.67. The topological polar surface area (TPSA) is 187 Å². The number of ether oxygens (including phenoxy) is 3. The van der Waals surface area contributed by atoms with E-state index in [0.29, 0.717) is 16.7 Å². The van der Waals surface area contributed by atoms with Crippen molar-refractivity contribution < 1.29 is 51.4 Å². The molecule has 2 rings (SSSR count). The molecule has 0 bridgehead atoms. The molecular weight excluding hydrogens is 572 g/mol. The number of rotatable bonds is 13. The molecule has 0 saturated carbocycles. The first kappa shape index (κ1) is 34.5. The molecule has 0 unspecified atom stereocenters. The zero-order valence-electron chi connectivity index (χ0n) is 24.4. The summed E-state index contributed by atoms with van der Waals surface area (Å²) in [6.07, 6.45) is -3.47. The largest absolute Gasteiger partial charge is 0.496 e. The van der Waals surface area contributed by atoms with Crippen LogP contribution >= 0.6 is 0 Å². The lowest BCUT2D eigenvalue weighted by Crippen LogP contribution is -2.49. The predicted molar refractivity (Wildman–Crippen MR) is 150 cm³/mol. The molecule has 4 N–H and O–H groups in total. The van der Waals surface area contributed by atoms with Crippen LogP contribution in [0.3, 0.4) is 0 Å². The van der Waals surface area contributed by atoms with Gasteiger partial charge in [0.1, 0.15) is 17.4 Å². The molecule has 232 valence electrons. The Kier molecular flexibility index (Phi) is 12.3. The molecule has 2 aromatic carbocycles. The maximum absolute atomic E-state index is 13.4. The van der Waals surface area contributed by atoms with Crippen molar-refractivity contribution >= 4 is 28.1 Å². The van der Waals surface area contributed by atoms with Gasteiger partial charge in [-0.15, -0.1) is 0 Å². The van der Waals surface area contributed by atoms with Crippen LogP contribution in [0.1, 0.15) is 49.4 Å². The molecule has 0 saturated heterocycles. The van der Waals surface area contributed by atoms with Gasteiger partial charge in [-0.2, -0.15) is 8.42 Å². The van der Waals surface area contributed by atoms with Gasteiger partial charge in [0.25, 0.3) is 16.0 Å². The van der Waals surface area contributed by atoms with Gasteiger partial charge in [0.2, 0.25) is 0 Å². The van der Waals surface area contributed by atoms with Crippen LogP contribution in [0.4, 0.5) is 4.79 Å². The van der Waals surface area contributed by atoms with Gasteiger partial charge in [-0.1, -0.05) is 23.8 Å². The minimum absolute atomic E-state index is 0.232. The van der Waals surface area contributed by atoms with Crippen LogP contribution in [0.2, 0.25) is 0 Å². The van der Waals surface area contributed by atoms with E-state index >= 15 is 0 Å². The minimum atomic E-state index is -4.52. The summed E-state index contributed by atoms with van der Waals surface area (Å²) in [5, 5.41) is 24.2. The van der Waals surface area contributed by atoms with E-state index in [1.807, 2.05) is 0 Å². The summed E-state index contributed by atoms with van der Waals surface area (Å²) in [6.45, 7) is 5.58. The molecular formula is C28H38N2O11S. The third-order valence-corrected chi connectivity index (χ3v) is 7.18. The monoisotopic (exact) mass is 610 g/mol. The SMILES string of the molecule is COC(=O)[C@@H](C[C@@H](OS(=O)(=O)c1ccc(C)cc1)C(=O)NCc1c(CO)cc(CO)cc1OC)NC(=O)OC(C)(C)C. The lowest BCUT2D eigenvalue weighted by molar-refractivity contribution is -0.144. The fourth-order valence-corrected chi connectivity index (χ4v) is 4.85. The molecule has 0 aliphatic carbocycles. The van der Waals surface area contributed by atoms with Gasteiger partial charge in [-0.25, -0.2) is 9.59 Å². The molecule has 0 spiro atoms. The molecule has 42 heavy (non-hydrogen) atoms. The fourth-order valence-electron chi connectivity index (χ4n) is 3.79. The molecule has 2 aromatic rings. The molecule has 0 aromatic heterocycles. The Hall–Kier alpha value is -3.72. The van der Waals surface area contributed by atoms with Gasteiger partial charge < -0.3 is 35.1 Å². The summed E-state index contributed by atoms with van der Waals surface area (Å²) in [5.41, 5.74) is 1.05. The second kappa shape index (κ2) is 15.0. The quantitative estimate of drug-likeness (QED) is 0.191. The summed E-state index contributed by atoms with van der Waals surface area (Å²) >= 11 is 0. The van der Waals surface area contributed by atoms with E-state index in [1.54, 1.807) is 39.8 Å². The average Bonchev–Trinajstić information content (AvgIpc) is 2.93. The number of hydrogen-bond acceptors (Lipinski definition) is 11. The number of amides is 2. The molecule has 0 aliphatic rings. The summed E-state index contributed by atoms with van der Waals surface area (Å²) in [4.78, 5) is 38.2. The second-order valence-corrected chi connectivity index (χ2v) is 11.9. The van der Waals surface area contributed by atoms with Crippen LogP contribution in [0.25, 0.3) is 0 Å². The Morgan fingerprint density at radius 3 is 2.17 bits per heavy atom. The Balaban J connectivity index is 2.42. The molecule has 0 fully saturated rings. The maximum atomic E-state index is 13.4. The lowest BCUT2D eigenvalue weighted by Gasteiger charge is -2.25. The number of aliphatic hydroxyl groups is 2. The predicted octanol–water partition coefficient (Wildman–Crippen LogP) is 1.83. The molecule has 0 aliphatic heterocycles. The first-order valence-corrected chi connectivity index (χ1v) is 14.3. The fraction of sp³-hybridized carbons (Fsp3) is 0.464. The van der Waals surface area contributed by atoms with Gasteiger partial charge >= 0.3 is 12.1 Å². The van der Waals surface area contributed by atoms with Crippen LogP contribution in [0, 0.1) is 6.92 Å². The maximum Gasteiger partial charge on any atom is 0.408 e. The first-order valence-electron chi connectivity index (χ1n) is 12.9. The Labute approximate surface area is 245 Å². The number of aryl methyl sites for hydroxylation is 1. The van der Waals surface area contributed by atoms with Crippen molar-refractivity contribution in [3.05, 3.63) is 58.7 Å². The van der Waals surface area contributed by atoms with Gasteiger partial charge in [-0.3, -0.25) is 8.98 Å². The minimum Gasteiger partial charge on any atom is -0.496 e. The highest BCUT2D eigenvalue weighted by atomic mass is 32.2. The van der Waals surface area contributed by atoms with Crippen LogP contribution in [-0.4, -0.2) is 68.6 Å². The van der Waals surface area contributed by atoms with Crippen molar-refractivity contribution in [3.8, 4) is 5.75 Å². The third-order valence-electron chi connectivity index (χ3n) is 5.84. The molecule has 2 atom stereocenters. The Morgan fingerprint density at radius 2 is 1.64 bits per heavy atom. The zero-order chi connectivity index (χ0) is 31.7. The van der Waals surface area contributed by atoms with Crippen molar-refractivity contribution in [2.75, 3.05) is 14.2 Å². The van der Waals surface area contributed by atoms with Crippen molar-refractivity contribution in [1.29, 1.82) is 0 Å². The number of esters is 1. The van der Waals surface area contributed by atoms with E-state index < -0.39 is 58.9 Å². The van der Waals surface area contributed by atoms with Crippen molar-refractivity contribution in [2.24, 2.45) is 0 Å². The highest BCUT2D eigenvalue weighted by molar-refractivity contribution is 7.86. The number of alkyl carbamates (subject to hydrolysis) is 1.